The van der Waals surface area contributed by atoms with E-state index in [1.165, 1.54) is 257 Å². The first-order chi connectivity index (χ1) is 31.5. The van der Waals surface area contributed by atoms with Crippen LogP contribution >= 0.6 is 0 Å². The van der Waals surface area contributed by atoms with Crippen molar-refractivity contribution in [2.75, 3.05) is 13.2 Å². The molecule has 0 heterocycles. The molecule has 0 radical (unpaired) electrons. The summed E-state index contributed by atoms with van der Waals surface area (Å²) in [4.78, 5) is 24.5. The summed E-state index contributed by atoms with van der Waals surface area (Å²) in [7, 11) is 0. The van der Waals surface area contributed by atoms with E-state index in [0.717, 1.165) is 44.9 Å². The van der Waals surface area contributed by atoms with E-state index in [4.69, 9.17) is 4.74 Å². The van der Waals surface area contributed by atoms with Gasteiger partial charge in [0.15, 0.2) is 0 Å². The largest absolute Gasteiger partial charge is 0.466 e. The van der Waals surface area contributed by atoms with E-state index in [1.807, 2.05) is 0 Å². The number of ether oxygens (including phenoxy) is 1. The topological polar surface area (TPSA) is 95.9 Å². The van der Waals surface area contributed by atoms with Crippen LogP contribution in [-0.4, -0.2) is 47.4 Å². The zero-order valence-electron chi connectivity index (χ0n) is 43.5. The number of hydrogen-bond donors (Lipinski definition) is 3. The van der Waals surface area contributed by atoms with Crippen LogP contribution in [0.4, 0.5) is 0 Å². The van der Waals surface area contributed by atoms with Crippen molar-refractivity contribution in [2.45, 2.75) is 347 Å². The Morgan fingerprint density at radius 1 is 0.375 bits per heavy atom. The molecule has 0 aromatic heterocycles. The standard InChI is InChI=1S/C58H115NO5/c1-3-5-7-9-11-13-15-17-18-19-20-21-23-27-30-34-38-42-46-50-56(61)55(54-60)59-57(62)51-47-43-39-35-31-28-24-22-25-29-33-37-41-45-49-53-64-58(63)52-48-44-40-36-32-26-16-14-12-10-8-6-4-2/h55-56,60-61H,3-54H2,1-2H3,(H,59,62). The number of amides is 1. The molecule has 0 saturated heterocycles. The zero-order chi connectivity index (χ0) is 46.5. The molecule has 0 rings (SSSR count). The smallest absolute Gasteiger partial charge is 0.305 e. The van der Waals surface area contributed by atoms with Gasteiger partial charge < -0.3 is 20.3 Å². The summed E-state index contributed by atoms with van der Waals surface area (Å²) >= 11 is 0. The van der Waals surface area contributed by atoms with E-state index in [0.29, 0.717) is 25.9 Å². The third-order valence-electron chi connectivity index (χ3n) is 13.9. The van der Waals surface area contributed by atoms with Crippen LogP contribution in [0.15, 0.2) is 0 Å². The Balaban J connectivity index is 3.42. The van der Waals surface area contributed by atoms with E-state index >= 15 is 0 Å². The van der Waals surface area contributed by atoms with Crippen molar-refractivity contribution in [3.8, 4) is 0 Å². The fourth-order valence-electron chi connectivity index (χ4n) is 9.41. The highest BCUT2D eigenvalue weighted by Crippen LogP contribution is 2.18. The molecule has 2 unspecified atom stereocenters. The van der Waals surface area contributed by atoms with Crippen molar-refractivity contribution in [3.63, 3.8) is 0 Å². The summed E-state index contributed by atoms with van der Waals surface area (Å²) in [5, 5.41) is 23.3. The van der Waals surface area contributed by atoms with Gasteiger partial charge in [-0.05, 0) is 25.7 Å². The lowest BCUT2D eigenvalue weighted by Crippen LogP contribution is -2.45. The quantitative estimate of drug-likeness (QED) is 0.0417. The van der Waals surface area contributed by atoms with E-state index in [1.54, 1.807) is 0 Å². The molecule has 0 saturated carbocycles. The van der Waals surface area contributed by atoms with Crippen molar-refractivity contribution in [3.05, 3.63) is 0 Å². The van der Waals surface area contributed by atoms with Crippen molar-refractivity contribution in [1.82, 2.24) is 5.32 Å². The number of rotatable bonds is 55. The number of unbranched alkanes of at least 4 members (excludes halogenated alkanes) is 44. The summed E-state index contributed by atoms with van der Waals surface area (Å²) in [6.07, 6.45) is 62.3. The van der Waals surface area contributed by atoms with Gasteiger partial charge in [-0.3, -0.25) is 9.59 Å². The van der Waals surface area contributed by atoms with Crippen LogP contribution in [0, 0.1) is 0 Å². The highest BCUT2D eigenvalue weighted by molar-refractivity contribution is 5.76. The third kappa shape index (κ3) is 50.3. The number of carbonyl (C=O) groups is 2. The van der Waals surface area contributed by atoms with Crippen LogP contribution in [0.25, 0.3) is 0 Å². The van der Waals surface area contributed by atoms with Crippen molar-refractivity contribution in [1.29, 1.82) is 0 Å². The number of carbonyl (C=O) groups excluding carboxylic acids is 2. The van der Waals surface area contributed by atoms with Gasteiger partial charge in [0.25, 0.3) is 0 Å². The van der Waals surface area contributed by atoms with E-state index in [2.05, 4.69) is 19.2 Å². The second-order valence-corrected chi connectivity index (χ2v) is 20.3. The van der Waals surface area contributed by atoms with Crippen molar-refractivity contribution in [2.24, 2.45) is 0 Å². The predicted octanol–water partition coefficient (Wildman–Crippen LogP) is 17.9. The second kappa shape index (κ2) is 54.5. The lowest BCUT2D eigenvalue weighted by molar-refractivity contribution is -0.143. The molecule has 64 heavy (non-hydrogen) atoms. The molecule has 0 spiro atoms. The number of aliphatic hydroxyl groups is 2. The Bertz CT molecular complexity index is 913. The van der Waals surface area contributed by atoms with Crippen molar-refractivity contribution < 1.29 is 24.5 Å². The lowest BCUT2D eigenvalue weighted by atomic mass is 10.0. The molecule has 0 aliphatic rings. The Hall–Kier alpha value is -1.14. The maximum Gasteiger partial charge on any atom is 0.305 e. The zero-order valence-corrected chi connectivity index (χ0v) is 43.5. The minimum Gasteiger partial charge on any atom is -0.466 e. The van der Waals surface area contributed by atoms with Crippen LogP contribution in [0.1, 0.15) is 335 Å². The van der Waals surface area contributed by atoms with Gasteiger partial charge in [0.05, 0.1) is 25.4 Å². The molecular formula is C58H115NO5. The fourth-order valence-corrected chi connectivity index (χ4v) is 9.41. The molecule has 0 aromatic rings. The molecule has 0 aliphatic heterocycles. The number of nitrogens with one attached hydrogen (secondary N) is 1. The Morgan fingerprint density at radius 3 is 0.953 bits per heavy atom. The van der Waals surface area contributed by atoms with Gasteiger partial charge in [0.2, 0.25) is 5.91 Å². The molecular weight excluding hydrogens is 791 g/mol. The summed E-state index contributed by atoms with van der Waals surface area (Å²) in [5.41, 5.74) is 0. The summed E-state index contributed by atoms with van der Waals surface area (Å²) in [6.45, 7) is 4.96. The van der Waals surface area contributed by atoms with Gasteiger partial charge >= 0.3 is 5.97 Å². The highest BCUT2D eigenvalue weighted by Gasteiger charge is 2.20. The Kier molecular flexibility index (Phi) is 53.5. The SMILES string of the molecule is CCCCCCCCCCCCCCCCCCCCCC(O)C(CO)NC(=O)CCCCCCCCCCCCCCCCCOC(=O)CCCCCCCCCCCCCCC. The van der Waals surface area contributed by atoms with E-state index < -0.39 is 12.1 Å². The maximum absolute atomic E-state index is 12.5. The first-order valence-corrected chi connectivity index (χ1v) is 29.3. The molecule has 2 atom stereocenters. The molecule has 6 nitrogen and oxygen atoms in total. The molecule has 0 bridgehead atoms. The lowest BCUT2D eigenvalue weighted by Gasteiger charge is -2.22. The van der Waals surface area contributed by atoms with Crippen LogP contribution in [0.3, 0.4) is 0 Å². The monoisotopic (exact) mass is 906 g/mol. The minimum atomic E-state index is -0.669. The van der Waals surface area contributed by atoms with Crippen LogP contribution in [0.5, 0.6) is 0 Å². The average molecular weight is 907 g/mol. The third-order valence-corrected chi connectivity index (χ3v) is 13.9. The van der Waals surface area contributed by atoms with E-state index in [-0.39, 0.29) is 18.5 Å². The fraction of sp³-hybridized carbons (Fsp3) is 0.966. The Labute approximate surface area is 400 Å². The van der Waals surface area contributed by atoms with Gasteiger partial charge in [0, 0.05) is 12.8 Å². The number of hydrogen-bond acceptors (Lipinski definition) is 5. The van der Waals surface area contributed by atoms with Crippen molar-refractivity contribution >= 4 is 11.9 Å². The van der Waals surface area contributed by atoms with E-state index in [9.17, 15) is 19.8 Å². The van der Waals surface area contributed by atoms with Gasteiger partial charge in [0.1, 0.15) is 0 Å². The maximum atomic E-state index is 12.5. The number of aliphatic hydroxyl groups excluding tert-OH is 2. The molecule has 0 aromatic carbocycles. The predicted molar refractivity (Wildman–Crippen MR) is 278 cm³/mol. The summed E-state index contributed by atoms with van der Waals surface area (Å²) in [5.74, 6) is -0.0361. The normalized spacial score (nSPS) is 12.5. The highest BCUT2D eigenvalue weighted by atomic mass is 16.5. The molecule has 0 aliphatic carbocycles. The average Bonchev–Trinajstić information content (AvgIpc) is 3.29. The Morgan fingerprint density at radius 2 is 0.641 bits per heavy atom. The van der Waals surface area contributed by atoms with Crippen LogP contribution in [0.2, 0.25) is 0 Å². The molecule has 6 heteroatoms. The van der Waals surface area contributed by atoms with Gasteiger partial charge in [-0.1, -0.05) is 296 Å². The van der Waals surface area contributed by atoms with Gasteiger partial charge in [-0.2, -0.15) is 0 Å². The molecule has 0 fully saturated rings. The summed E-state index contributed by atoms with van der Waals surface area (Å²) < 4.78 is 5.47. The van der Waals surface area contributed by atoms with Gasteiger partial charge in [-0.15, -0.1) is 0 Å². The molecule has 1 amide bonds. The van der Waals surface area contributed by atoms with Gasteiger partial charge in [-0.25, -0.2) is 0 Å². The summed E-state index contributed by atoms with van der Waals surface area (Å²) in [6, 6.07) is -0.547. The first-order valence-electron chi connectivity index (χ1n) is 29.3. The molecule has 382 valence electrons. The second-order valence-electron chi connectivity index (χ2n) is 20.3. The first kappa shape index (κ1) is 62.9. The van der Waals surface area contributed by atoms with Crippen LogP contribution in [-0.2, 0) is 14.3 Å². The number of esters is 1. The minimum absolute atomic E-state index is 0.00341. The van der Waals surface area contributed by atoms with Crippen LogP contribution < -0.4 is 5.32 Å². The molecule has 3 N–H and O–H groups in total.